The SMILES string of the molecule is O=C1OC[C@@H]([C@@H](O)CO)O1. The molecule has 1 fully saturated rings. The third-order valence-corrected chi connectivity index (χ3v) is 1.23. The van der Waals surface area contributed by atoms with Crippen LogP contribution in [0.3, 0.4) is 0 Å². The number of rotatable bonds is 2. The van der Waals surface area contributed by atoms with Crippen LogP contribution < -0.4 is 0 Å². The number of ether oxygens (including phenoxy) is 2. The minimum absolute atomic E-state index is 0.0144. The fourth-order valence-corrected chi connectivity index (χ4v) is 0.649. The highest BCUT2D eigenvalue weighted by Crippen LogP contribution is 2.09. The molecule has 0 aromatic rings. The van der Waals surface area contributed by atoms with Gasteiger partial charge in [-0.25, -0.2) is 4.79 Å². The molecule has 58 valence electrons. The lowest BCUT2D eigenvalue weighted by Gasteiger charge is -2.10. The van der Waals surface area contributed by atoms with Crippen LogP contribution in [-0.2, 0) is 9.47 Å². The zero-order chi connectivity index (χ0) is 7.56. The average molecular weight is 148 g/mol. The smallest absolute Gasteiger partial charge is 0.430 e. The van der Waals surface area contributed by atoms with E-state index in [1.165, 1.54) is 0 Å². The lowest BCUT2D eigenvalue weighted by atomic mass is 10.2. The van der Waals surface area contributed by atoms with Gasteiger partial charge in [-0.3, -0.25) is 0 Å². The zero-order valence-electron chi connectivity index (χ0n) is 5.19. The standard InChI is InChI=1S/C5H8O5/c6-1-3(7)4-2-9-5(8)10-4/h3-4,6-7H,1-2H2/t3-,4-/m0/s1. The van der Waals surface area contributed by atoms with Crippen LogP contribution in [0.15, 0.2) is 0 Å². The molecule has 0 unspecified atom stereocenters. The minimum atomic E-state index is -1.04. The van der Waals surface area contributed by atoms with E-state index >= 15 is 0 Å². The van der Waals surface area contributed by atoms with Gasteiger partial charge in [-0.05, 0) is 0 Å². The number of carbonyl (C=O) groups excluding carboxylic acids is 1. The molecule has 0 bridgehead atoms. The van der Waals surface area contributed by atoms with Gasteiger partial charge in [0.2, 0.25) is 0 Å². The summed E-state index contributed by atoms with van der Waals surface area (Å²) in [5, 5.41) is 17.3. The van der Waals surface area contributed by atoms with E-state index in [2.05, 4.69) is 9.47 Å². The van der Waals surface area contributed by atoms with Gasteiger partial charge in [-0.2, -0.15) is 0 Å². The molecular weight excluding hydrogens is 140 g/mol. The first-order chi connectivity index (χ1) is 4.74. The molecule has 1 heterocycles. The first kappa shape index (κ1) is 7.30. The average Bonchev–Trinajstić information content (AvgIpc) is 2.34. The number of hydrogen-bond donors (Lipinski definition) is 2. The summed E-state index contributed by atoms with van der Waals surface area (Å²) in [6.45, 7) is -0.415. The maximum Gasteiger partial charge on any atom is 0.508 e. The van der Waals surface area contributed by atoms with Gasteiger partial charge in [0.15, 0.2) is 6.10 Å². The monoisotopic (exact) mass is 148 g/mol. The highest BCUT2D eigenvalue weighted by Gasteiger charge is 2.30. The van der Waals surface area contributed by atoms with Gasteiger partial charge in [0.05, 0.1) is 6.61 Å². The Morgan fingerprint density at radius 3 is 2.90 bits per heavy atom. The van der Waals surface area contributed by atoms with Crippen molar-refractivity contribution in [3.8, 4) is 0 Å². The highest BCUT2D eigenvalue weighted by atomic mass is 16.8. The second kappa shape index (κ2) is 2.85. The predicted molar refractivity (Wildman–Crippen MR) is 29.3 cm³/mol. The molecule has 10 heavy (non-hydrogen) atoms. The summed E-state index contributed by atoms with van der Waals surface area (Å²) in [7, 11) is 0. The summed E-state index contributed by atoms with van der Waals surface area (Å²) in [5.74, 6) is 0. The van der Waals surface area contributed by atoms with Gasteiger partial charge < -0.3 is 19.7 Å². The summed E-state index contributed by atoms with van der Waals surface area (Å²) in [5.41, 5.74) is 0. The Kier molecular flexibility index (Phi) is 2.08. The summed E-state index contributed by atoms with van der Waals surface area (Å²) in [6.07, 6.45) is -2.54. The minimum Gasteiger partial charge on any atom is -0.430 e. The molecule has 5 nitrogen and oxygen atoms in total. The number of hydrogen-bond acceptors (Lipinski definition) is 5. The zero-order valence-corrected chi connectivity index (χ0v) is 5.19. The van der Waals surface area contributed by atoms with Crippen LogP contribution in [-0.4, -0.2) is 41.8 Å². The van der Waals surface area contributed by atoms with Crippen molar-refractivity contribution in [1.82, 2.24) is 0 Å². The van der Waals surface area contributed by atoms with Crippen LogP contribution in [0.5, 0.6) is 0 Å². The topological polar surface area (TPSA) is 76.0 Å². The Morgan fingerprint density at radius 2 is 2.50 bits per heavy atom. The summed E-state index contributed by atoms with van der Waals surface area (Å²) < 4.78 is 8.80. The molecule has 0 saturated carbocycles. The lowest BCUT2D eigenvalue weighted by molar-refractivity contribution is -0.00102. The van der Waals surface area contributed by atoms with E-state index < -0.39 is 25.0 Å². The van der Waals surface area contributed by atoms with Crippen LogP contribution in [0.2, 0.25) is 0 Å². The molecule has 0 aromatic carbocycles. The van der Waals surface area contributed by atoms with Crippen molar-refractivity contribution >= 4 is 6.16 Å². The molecule has 1 saturated heterocycles. The Hall–Kier alpha value is -0.810. The molecule has 1 aliphatic rings. The van der Waals surface area contributed by atoms with E-state index in [0.717, 1.165) is 0 Å². The van der Waals surface area contributed by atoms with Gasteiger partial charge in [0.25, 0.3) is 0 Å². The van der Waals surface area contributed by atoms with Crippen molar-refractivity contribution in [2.75, 3.05) is 13.2 Å². The fourth-order valence-electron chi connectivity index (χ4n) is 0.649. The van der Waals surface area contributed by atoms with Gasteiger partial charge in [0, 0.05) is 0 Å². The van der Waals surface area contributed by atoms with Crippen molar-refractivity contribution < 1.29 is 24.5 Å². The molecule has 5 heteroatoms. The molecule has 2 atom stereocenters. The van der Waals surface area contributed by atoms with E-state index in [4.69, 9.17) is 10.2 Å². The normalized spacial score (nSPS) is 27.4. The number of carbonyl (C=O) groups is 1. The van der Waals surface area contributed by atoms with Crippen LogP contribution in [0, 0.1) is 0 Å². The van der Waals surface area contributed by atoms with E-state index in [1.807, 2.05) is 0 Å². The maximum atomic E-state index is 10.2. The molecule has 1 aliphatic heterocycles. The van der Waals surface area contributed by atoms with Gasteiger partial charge in [0.1, 0.15) is 12.7 Å². The Bertz CT molecular complexity index is 134. The number of aliphatic hydroxyl groups excluding tert-OH is 2. The Balaban J connectivity index is 2.36. The van der Waals surface area contributed by atoms with Crippen molar-refractivity contribution in [3.63, 3.8) is 0 Å². The first-order valence-electron chi connectivity index (χ1n) is 2.86. The Morgan fingerprint density at radius 1 is 1.80 bits per heavy atom. The highest BCUT2D eigenvalue weighted by molar-refractivity contribution is 5.61. The molecule has 2 N–H and O–H groups in total. The predicted octanol–water partition coefficient (Wildman–Crippen LogP) is -1.12. The van der Waals surface area contributed by atoms with Gasteiger partial charge in [-0.15, -0.1) is 0 Å². The van der Waals surface area contributed by atoms with Crippen molar-refractivity contribution in [3.05, 3.63) is 0 Å². The molecule has 0 amide bonds. The van der Waals surface area contributed by atoms with Crippen LogP contribution in [0.25, 0.3) is 0 Å². The third kappa shape index (κ3) is 1.37. The molecule has 0 aromatic heterocycles. The molecular formula is C5H8O5. The van der Waals surface area contributed by atoms with Crippen molar-refractivity contribution in [1.29, 1.82) is 0 Å². The Labute approximate surface area is 57.2 Å². The van der Waals surface area contributed by atoms with E-state index in [0.29, 0.717) is 0 Å². The van der Waals surface area contributed by atoms with E-state index in [-0.39, 0.29) is 6.61 Å². The largest absolute Gasteiger partial charge is 0.508 e. The van der Waals surface area contributed by atoms with Gasteiger partial charge in [-0.1, -0.05) is 0 Å². The molecule has 0 aliphatic carbocycles. The quantitative estimate of drug-likeness (QED) is 0.485. The third-order valence-electron chi connectivity index (χ3n) is 1.23. The van der Waals surface area contributed by atoms with Crippen LogP contribution in [0.4, 0.5) is 4.79 Å². The second-order valence-corrected chi connectivity index (χ2v) is 1.97. The fraction of sp³-hybridized carbons (Fsp3) is 0.800. The molecule has 1 rings (SSSR count). The summed E-state index contributed by atoms with van der Waals surface area (Å²) in [6, 6.07) is 0. The molecule has 0 spiro atoms. The summed E-state index contributed by atoms with van der Waals surface area (Å²) in [4.78, 5) is 10.2. The van der Waals surface area contributed by atoms with E-state index in [9.17, 15) is 4.79 Å². The van der Waals surface area contributed by atoms with Crippen LogP contribution in [0.1, 0.15) is 0 Å². The second-order valence-electron chi connectivity index (χ2n) is 1.97. The maximum absolute atomic E-state index is 10.2. The first-order valence-corrected chi connectivity index (χ1v) is 2.86. The van der Waals surface area contributed by atoms with Gasteiger partial charge >= 0.3 is 6.16 Å². The van der Waals surface area contributed by atoms with Crippen molar-refractivity contribution in [2.24, 2.45) is 0 Å². The van der Waals surface area contributed by atoms with Crippen LogP contribution >= 0.6 is 0 Å². The number of aliphatic hydroxyl groups is 2. The number of cyclic esters (lactones) is 2. The summed E-state index contributed by atoms with van der Waals surface area (Å²) >= 11 is 0. The van der Waals surface area contributed by atoms with Crippen molar-refractivity contribution in [2.45, 2.75) is 12.2 Å². The molecule has 0 radical (unpaired) electrons. The van der Waals surface area contributed by atoms with E-state index in [1.54, 1.807) is 0 Å². The lowest BCUT2D eigenvalue weighted by Crippen LogP contribution is -2.31.